The van der Waals surface area contributed by atoms with Gasteiger partial charge < -0.3 is 14.4 Å². The highest BCUT2D eigenvalue weighted by atomic mass is 16.5. The van der Waals surface area contributed by atoms with Gasteiger partial charge in [-0.15, -0.1) is 0 Å². The number of likely N-dealkylation sites (N-methyl/N-ethyl adjacent to an activating group) is 1. The molecule has 2 heterocycles. The van der Waals surface area contributed by atoms with E-state index >= 15 is 0 Å². The Bertz CT molecular complexity index is 1050. The average Bonchev–Trinajstić information content (AvgIpc) is 2.91. The predicted octanol–water partition coefficient (Wildman–Crippen LogP) is 4.45. The zero-order chi connectivity index (χ0) is 24.5. The zero-order valence-corrected chi connectivity index (χ0v) is 20.7. The van der Waals surface area contributed by atoms with E-state index in [1.165, 1.54) is 5.56 Å². The second-order valence-electron chi connectivity index (χ2n) is 9.18. The second kappa shape index (κ2) is 12.4. The summed E-state index contributed by atoms with van der Waals surface area (Å²) in [6.45, 7) is 2.39. The molecule has 0 bridgehead atoms. The van der Waals surface area contributed by atoms with Crippen LogP contribution in [0, 0.1) is 5.92 Å². The number of benzene rings is 2. The highest BCUT2D eigenvalue weighted by Crippen LogP contribution is 2.28. The topological polar surface area (TPSA) is 54.9 Å². The minimum absolute atomic E-state index is 0.0542. The van der Waals surface area contributed by atoms with Crippen LogP contribution < -0.4 is 9.47 Å². The Morgan fingerprint density at radius 1 is 1.03 bits per heavy atom. The van der Waals surface area contributed by atoms with Crippen LogP contribution >= 0.6 is 0 Å². The molecule has 0 N–H and O–H groups in total. The van der Waals surface area contributed by atoms with Gasteiger partial charge in [-0.05, 0) is 74.2 Å². The smallest absolute Gasteiger partial charge is 0.260 e. The SMILES string of the molecule is COc1cccc(CC(C2CCN(C(=O)COc3ccccc3)CC2)N(C)Cc2ccccn2)c1. The largest absolute Gasteiger partial charge is 0.497 e. The van der Waals surface area contributed by atoms with Gasteiger partial charge in [0, 0.05) is 31.9 Å². The molecular weight excluding hydrogens is 438 g/mol. The number of methoxy groups -OCH3 is 1. The molecule has 0 saturated carbocycles. The van der Waals surface area contributed by atoms with Gasteiger partial charge in [-0.3, -0.25) is 14.7 Å². The number of likely N-dealkylation sites (tertiary alicyclic amines) is 1. The van der Waals surface area contributed by atoms with Gasteiger partial charge in [-0.25, -0.2) is 0 Å². The summed E-state index contributed by atoms with van der Waals surface area (Å²) in [6.07, 6.45) is 4.72. The van der Waals surface area contributed by atoms with Crippen LogP contribution in [0.5, 0.6) is 11.5 Å². The quantitative estimate of drug-likeness (QED) is 0.435. The first-order valence-electron chi connectivity index (χ1n) is 12.3. The molecule has 184 valence electrons. The molecule has 0 aliphatic carbocycles. The lowest BCUT2D eigenvalue weighted by Crippen LogP contribution is -2.47. The molecular formula is C29H35N3O3. The van der Waals surface area contributed by atoms with E-state index in [0.717, 1.165) is 56.1 Å². The zero-order valence-electron chi connectivity index (χ0n) is 20.7. The summed E-state index contributed by atoms with van der Waals surface area (Å²) in [5, 5.41) is 0. The molecule has 1 fully saturated rings. The standard InChI is InChI=1S/C29H35N3O3/c1-31(21-25-10-6-7-16-30-25)28(20-23-9-8-13-27(19-23)34-2)24-14-17-32(18-15-24)29(33)22-35-26-11-4-3-5-12-26/h3-13,16,19,24,28H,14-15,17-18,20-22H2,1-2H3. The number of amides is 1. The number of nitrogens with zero attached hydrogens (tertiary/aromatic N) is 3. The summed E-state index contributed by atoms with van der Waals surface area (Å²) >= 11 is 0. The van der Waals surface area contributed by atoms with Crippen LogP contribution in [-0.4, -0.2) is 60.6 Å². The Labute approximate surface area is 208 Å². The van der Waals surface area contributed by atoms with Crippen LogP contribution in [0.2, 0.25) is 0 Å². The van der Waals surface area contributed by atoms with E-state index in [4.69, 9.17) is 9.47 Å². The molecule has 1 unspecified atom stereocenters. The van der Waals surface area contributed by atoms with E-state index < -0.39 is 0 Å². The summed E-state index contributed by atoms with van der Waals surface area (Å²) in [5.74, 6) is 2.14. The van der Waals surface area contributed by atoms with E-state index in [0.29, 0.717) is 12.0 Å². The molecule has 1 amide bonds. The number of piperidine rings is 1. The number of para-hydroxylation sites is 1. The van der Waals surface area contributed by atoms with Crippen LogP contribution in [0.15, 0.2) is 79.0 Å². The third kappa shape index (κ3) is 7.06. The summed E-state index contributed by atoms with van der Waals surface area (Å²) in [5.41, 5.74) is 2.33. The van der Waals surface area contributed by atoms with Crippen LogP contribution in [0.4, 0.5) is 0 Å². The number of carbonyl (C=O) groups excluding carboxylic acids is 1. The number of pyridine rings is 1. The minimum atomic E-state index is 0.0542. The lowest BCUT2D eigenvalue weighted by atomic mass is 9.85. The monoisotopic (exact) mass is 473 g/mol. The van der Waals surface area contributed by atoms with Crippen LogP contribution in [0.25, 0.3) is 0 Å². The molecule has 6 nitrogen and oxygen atoms in total. The average molecular weight is 474 g/mol. The lowest BCUT2D eigenvalue weighted by molar-refractivity contribution is -0.135. The van der Waals surface area contributed by atoms with E-state index in [2.05, 4.69) is 41.2 Å². The Hall–Kier alpha value is -3.38. The van der Waals surface area contributed by atoms with Crippen molar-refractivity contribution in [2.24, 2.45) is 5.92 Å². The number of hydrogen-bond donors (Lipinski definition) is 0. The van der Waals surface area contributed by atoms with Crippen LogP contribution in [0.1, 0.15) is 24.1 Å². The molecule has 1 aliphatic rings. The van der Waals surface area contributed by atoms with Crippen molar-refractivity contribution in [2.75, 3.05) is 33.9 Å². The van der Waals surface area contributed by atoms with Gasteiger partial charge in [0.1, 0.15) is 11.5 Å². The fourth-order valence-electron chi connectivity index (χ4n) is 4.87. The summed E-state index contributed by atoms with van der Waals surface area (Å²) in [4.78, 5) is 21.7. The first-order chi connectivity index (χ1) is 17.1. The molecule has 3 aromatic rings. The maximum absolute atomic E-state index is 12.8. The van der Waals surface area contributed by atoms with Crippen molar-refractivity contribution >= 4 is 5.91 Å². The normalized spacial score (nSPS) is 15.1. The van der Waals surface area contributed by atoms with E-state index in [1.54, 1.807) is 7.11 Å². The van der Waals surface area contributed by atoms with Crippen molar-refractivity contribution in [3.05, 3.63) is 90.3 Å². The molecule has 1 saturated heterocycles. The molecule has 2 aromatic carbocycles. The highest BCUT2D eigenvalue weighted by molar-refractivity contribution is 5.77. The van der Waals surface area contributed by atoms with Crippen LogP contribution in [0.3, 0.4) is 0 Å². The minimum Gasteiger partial charge on any atom is -0.497 e. The first-order valence-corrected chi connectivity index (χ1v) is 12.3. The van der Waals surface area contributed by atoms with Crippen molar-refractivity contribution in [3.63, 3.8) is 0 Å². The van der Waals surface area contributed by atoms with Crippen molar-refractivity contribution in [1.82, 2.24) is 14.8 Å². The number of rotatable bonds is 10. The Morgan fingerprint density at radius 2 is 1.77 bits per heavy atom. The molecule has 1 aromatic heterocycles. The van der Waals surface area contributed by atoms with E-state index in [-0.39, 0.29) is 12.5 Å². The molecule has 35 heavy (non-hydrogen) atoms. The lowest BCUT2D eigenvalue weighted by Gasteiger charge is -2.40. The molecule has 4 rings (SSSR count). The molecule has 1 atom stereocenters. The van der Waals surface area contributed by atoms with Crippen molar-refractivity contribution < 1.29 is 14.3 Å². The fourth-order valence-corrected chi connectivity index (χ4v) is 4.87. The molecule has 1 aliphatic heterocycles. The summed E-state index contributed by atoms with van der Waals surface area (Å²) in [6, 6.07) is 24.2. The number of hydrogen-bond acceptors (Lipinski definition) is 5. The second-order valence-corrected chi connectivity index (χ2v) is 9.18. The van der Waals surface area contributed by atoms with Gasteiger partial charge in [-0.1, -0.05) is 36.4 Å². The van der Waals surface area contributed by atoms with Crippen LogP contribution in [-0.2, 0) is 17.8 Å². The Kier molecular flexibility index (Phi) is 8.74. The van der Waals surface area contributed by atoms with Crippen molar-refractivity contribution in [2.45, 2.75) is 31.8 Å². The van der Waals surface area contributed by atoms with Gasteiger partial charge in [-0.2, -0.15) is 0 Å². The fraction of sp³-hybridized carbons (Fsp3) is 0.379. The van der Waals surface area contributed by atoms with Crippen molar-refractivity contribution in [3.8, 4) is 11.5 Å². The molecule has 0 radical (unpaired) electrons. The van der Waals surface area contributed by atoms with E-state index in [1.807, 2.05) is 59.6 Å². The highest BCUT2D eigenvalue weighted by Gasteiger charge is 2.31. The molecule has 6 heteroatoms. The molecule has 0 spiro atoms. The number of aromatic nitrogens is 1. The third-order valence-corrected chi connectivity index (χ3v) is 6.82. The van der Waals surface area contributed by atoms with Crippen molar-refractivity contribution in [1.29, 1.82) is 0 Å². The van der Waals surface area contributed by atoms with Gasteiger partial charge >= 0.3 is 0 Å². The summed E-state index contributed by atoms with van der Waals surface area (Å²) < 4.78 is 11.1. The predicted molar refractivity (Wildman–Crippen MR) is 137 cm³/mol. The maximum Gasteiger partial charge on any atom is 0.260 e. The van der Waals surface area contributed by atoms with Gasteiger partial charge in [0.25, 0.3) is 5.91 Å². The Morgan fingerprint density at radius 3 is 2.49 bits per heavy atom. The number of carbonyl (C=O) groups is 1. The number of ether oxygens (including phenoxy) is 2. The van der Waals surface area contributed by atoms with Gasteiger partial charge in [0.05, 0.1) is 12.8 Å². The Balaban J connectivity index is 1.39. The third-order valence-electron chi connectivity index (χ3n) is 6.82. The van der Waals surface area contributed by atoms with E-state index in [9.17, 15) is 4.79 Å². The van der Waals surface area contributed by atoms with Gasteiger partial charge in [0.15, 0.2) is 6.61 Å². The first kappa shape index (κ1) is 24.7. The maximum atomic E-state index is 12.8. The van der Waals surface area contributed by atoms with Gasteiger partial charge in [0.2, 0.25) is 0 Å². The summed E-state index contributed by atoms with van der Waals surface area (Å²) in [7, 11) is 3.89.